The van der Waals surface area contributed by atoms with Gasteiger partial charge in [-0.1, -0.05) is 12.1 Å². The molecule has 0 unspecified atom stereocenters. The molecular weight excluding hydrogens is 521 g/mol. The minimum absolute atomic E-state index is 0. The van der Waals surface area contributed by atoms with Gasteiger partial charge in [0.2, 0.25) is 5.91 Å². The molecule has 1 saturated heterocycles. The number of guanidine groups is 1. The quantitative estimate of drug-likeness (QED) is 0.249. The predicted octanol–water partition coefficient (Wildman–Crippen LogP) is 1.95. The second kappa shape index (κ2) is 14.1. The van der Waals surface area contributed by atoms with Crippen LogP contribution in [0.1, 0.15) is 24.6 Å². The number of nitrogens with one attached hydrogen (secondary N) is 3. The van der Waals surface area contributed by atoms with Crippen LogP contribution in [0.25, 0.3) is 0 Å². The predicted molar refractivity (Wildman–Crippen MR) is 137 cm³/mol. The maximum absolute atomic E-state index is 12.3. The van der Waals surface area contributed by atoms with Crippen LogP contribution in [0.15, 0.2) is 41.5 Å². The highest BCUT2D eigenvalue weighted by molar-refractivity contribution is 14.0. The van der Waals surface area contributed by atoms with E-state index in [0.29, 0.717) is 19.5 Å². The fourth-order valence-electron chi connectivity index (χ4n) is 3.32. The minimum Gasteiger partial charge on any atom is -0.379 e. The molecule has 0 spiro atoms. The first-order chi connectivity index (χ1) is 15.1. The zero-order chi connectivity index (χ0) is 21.9. The topological polar surface area (TPSA) is 95.8 Å². The van der Waals surface area contributed by atoms with Gasteiger partial charge < -0.3 is 20.7 Å². The van der Waals surface area contributed by atoms with E-state index in [1.165, 1.54) is 0 Å². The Morgan fingerprint density at radius 3 is 2.75 bits per heavy atom. The molecular formula is C22H34IN7O2. The zero-order valence-electron chi connectivity index (χ0n) is 18.8. The summed E-state index contributed by atoms with van der Waals surface area (Å²) in [5.74, 6) is 0.766. The van der Waals surface area contributed by atoms with Crippen molar-refractivity contribution in [3.8, 4) is 0 Å². The number of carbonyl (C=O) groups excluding carboxylic acids is 1. The summed E-state index contributed by atoms with van der Waals surface area (Å²) in [6.45, 7) is 8.00. The highest BCUT2D eigenvalue weighted by Gasteiger charge is 2.12. The lowest BCUT2D eigenvalue weighted by atomic mass is 10.2. The van der Waals surface area contributed by atoms with Crippen LogP contribution in [0, 0.1) is 0 Å². The van der Waals surface area contributed by atoms with Crippen LogP contribution in [0.3, 0.4) is 0 Å². The van der Waals surface area contributed by atoms with Gasteiger partial charge in [0.05, 0.1) is 32.0 Å². The van der Waals surface area contributed by atoms with Gasteiger partial charge in [0.15, 0.2) is 5.96 Å². The van der Waals surface area contributed by atoms with Gasteiger partial charge in [-0.3, -0.25) is 14.4 Å². The molecule has 0 saturated carbocycles. The van der Waals surface area contributed by atoms with Crippen molar-refractivity contribution in [1.82, 2.24) is 25.3 Å². The number of benzene rings is 1. The van der Waals surface area contributed by atoms with Gasteiger partial charge in [-0.05, 0) is 30.7 Å². The molecule has 1 aliphatic rings. The highest BCUT2D eigenvalue weighted by atomic mass is 127. The van der Waals surface area contributed by atoms with Gasteiger partial charge >= 0.3 is 0 Å². The zero-order valence-corrected chi connectivity index (χ0v) is 21.2. The number of amides is 1. The van der Waals surface area contributed by atoms with Crippen LogP contribution in [0.2, 0.25) is 0 Å². The largest absolute Gasteiger partial charge is 0.379 e. The van der Waals surface area contributed by atoms with Gasteiger partial charge in [-0.2, -0.15) is 5.10 Å². The lowest BCUT2D eigenvalue weighted by molar-refractivity contribution is -0.116. The van der Waals surface area contributed by atoms with E-state index in [4.69, 9.17) is 4.74 Å². The third-order valence-electron chi connectivity index (χ3n) is 5.09. The fraction of sp³-hybridized carbons (Fsp3) is 0.500. The van der Waals surface area contributed by atoms with Crippen molar-refractivity contribution in [3.05, 3.63) is 47.8 Å². The van der Waals surface area contributed by atoms with Crippen molar-refractivity contribution >= 4 is 41.5 Å². The SMILES string of the molecule is CCNC(=NCc1cccc(NC(=O)CCN2CCOCC2)c1)NCc1ccnn1C.I. The van der Waals surface area contributed by atoms with Crippen LogP contribution < -0.4 is 16.0 Å². The number of hydrogen-bond acceptors (Lipinski definition) is 5. The maximum atomic E-state index is 12.3. The number of ether oxygens (including phenoxy) is 1. The highest BCUT2D eigenvalue weighted by Crippen LogP contribution is 2.12. The molecule has 2 heterocycles. The number of morpholine rings is 1. The molecule has 1 fully saturated rings. The normalized spacial score (nSPS) is 14.5. The summed E-state index contributed by atoms with van der Waals surface area (Å²) in [7, 11) is 1.92. The average Bonchev–Trinajstić information content (AvgIpc) is 3.20. The number of rotatable bonds is 9. The Labute approximate surface area is 207 Å². The van der Waals surface area contributed by atoms with E-state index >= 15 is 0 Å². The molecule has 0 bridgehead atoms. The summed E-state index contributed by atoms with van der Waals surface area (Å²) in [5.41, 5.74) is 2.91. The third kappa shape index (κ3) is 8.75. The number of aryl methyl sites for hydroxylation is 1. The van der Waals surface area contributed by atoms with Crippen LogP contribution >= 0.6 is 24.0 Å². The Kier molecular flexibility index (Phi) is 11.5. The lowest BCUT2D eigenvalue weighted by Crippen LogP contribution is -2.38. The van der Waals surface area contributed by atoms with Crippen molar-refractivity contribution in [1.29, 1.82) is 0 Å². The molecule has 1 aromatic carbocycles. The van der Waals surface area contributed by atoms with Gasteiger partial charge in [0, 0.05) is 51.5 Å². The number of carbonyl (C=O) groups is 1. The first-order valence-electron chi connectivity index (χ1n) is 10.8. The first-order valence-corrected chi connectivity index (χ1v) is 10.8. The standard InChI is InChI=1S/C22H33N7O2.HI/c1-3-23-22(25-17-20-7-9-26-28(20)2)24-16-18-5-4-6-19(15-18)27-21(30)8-10-29-11-13-31-14-12-29;/h4-7,9,15H,3,8,10-14,16-17H2,1-2H3,(H,27,30)(H2,23,24,25);1H. The molecule has 1 aromatic heterocycles. The van der Waals surface area contributed by atoms with E-state index in [1.54, 1.807) is 6.20 Å². The summed E-state index contributed by atoms with van der Waals surface area (Å²) in [6.07, 6.45) is 2.26. The summed E-state index contributed by atoms with van der Waals surface area (Å²) >= 11 is 0. The van der Waals surface area contributed by atoms with Gasteiger partial charge in [0.1, 0.15) is 0 Å². The fourth-order valence-corrected chi connectivity index (χ4v) is 3.32. The Hall–Kier alpha value is -2.18. The lowest BCUT2D eigenvalue weighted by Gasteiger charge is -2.26. The van der Waals surface area contributed by atoms with E-state index in [0.717, 1.165) is 62.3 Å². The van der Waals surface area contributed by atoms with Crippen molar-refractivity contribution in [3.63, 3.8) is 0 Å². The number of nitrogens with zero attached hydrogens (tertiary/aromatic N) is 4. The van der Waals surface area contributed by atoms with Crippen molar-refractivity contribution < 1.29 is 9.53 Å². The molecule has 2 aromatic rings. The maximum Gasteiger partial charge on any atom is 0.225 e. The van der Waals surface area contributed by atoms with Gasteiger partial charge in [-0.25, -0.2) is 4.99 Å². The molecule has 1 aliphatic heterocycles. The summed E-state index contributed by atoms with van der Waals surface area (Å²) in [4.78, 5) is 19.2. The van der Waals surface area contributed by atoms with E-state index < -0.39 is 0 Å². The van der Waals surface area contributed by atoms with E-state index in [9.17, 15) is 4.79 Å². The van der Waals surface area contributed by atoms with Crippen LogP contribution in [0.5, 0.6) is 0 Å². The summed E-state index contributed by atoms with van der Waals surface area (Å²) in [6, 6.07) is 9.81. The van der Waals surface area contributed by atoms with E-state index in [1.807, 2.05) is 49.0 Å². The van der Waals surface area contributed by atoms with E-state index in [2.05, 4.69) is 30.9 Å². The van der Waals surface area contributed by atoms with Crippen molar-refractivity contribution in [2.75, 3.05) is 44.7 Å². The van der Waals surface area contributed by atoms with Gasteiger partial charge in [-0.15, -0.1) is 24.0 Å². The number of halogens is 1. The third-order valence-corrected chi connectivity index (χ3v) is 5.09. The van der Waals surface area contributed by atoms with Crippen molar-refractivity contribution in [2.45, 2.75) is 26.4 Å². The molecule has 3 N–H and O–H groups in total. The molecule has 0 atom stereocenters. The van der Waals surface area contributed by atoms with Crippen LogP contribution in [-0.2, 0) is 29.7 Å². The van der Waals surface area contributed by atoms with Crippen LogP contribution in [0.4, 0.5) is 5.69 Å². The second-order valence-electron chi connectivity index (χ2n) is 7.45. The summed E-state index contributed by atoms with van der Waals surface area (Å²) in [5, 5.41) is 13.8. The van der Waals surface area contributed by atoms with Gasteiger partial charge in [0.25, 0.3) is 0 Å². The molecule has 32 heavy (non-hydrogen) atoms. The monoisotopic (exact) mass is 555 g/mol. The number of hydrogen-bond donors (Lipinski definition) is 3. The number of anilines is 1. The van der Waals surface area contributed by atoms with E-state index in [-0.39, 0.29) is 29.9 Å². The minimum atomic E-state index is 0. The summed E-state index contributed by atoms with van der Waals surface area (Å²) < 4.78 is 7.18. The molecule has 3 rings (SSSR count). The number of aromatic nitrogens is 2. The Balaban J connectivity index is 0.00000363. The Morgan fingerprint density at radius 2 is 2.03 bits per heavy atom. The van der Waals surface area contributed by atoms with Crippen molar-refractivity contribution in [2.24, 2.45) is 12.0 Å². The Morgan fingerprint density at radius 1 is 1.22 bits per heavy atom. The average molecular weight is 555 g/mol. The van der Waals surface area contributed by atoms with Crippen LogP contribution in [-0.4, -0.2) is 65.9 Å². The molecule has 0 radical (unpaired) electrons. The molecule has 9 nitrogen and oxygen atoms in total. The molecule has 176 valence electrons. The molecule has 0 aliphatic carbocycles. The number of aliphatic imine (C=N–C) groups is 1. The molecule has 10 heteroatoms. The smallest absolute Gasteiger partial charge is 0.225 e. The Bertz CT molecular complexity index is 865. The molecule has 1 amide bonds. The first kappa shape index (κ1) is 26.1. The second-order valence-corrected chi connectivity index (χ2v) is 7.45.